The summed E-state index contributed by atoms with van der Waals surface area (Å²) in [6, 6.07) is 9.42. The molecular formula is C21H23N5O3. The Hall–Kier alpha value is -3.60. The first-order valence-electron chi connectivity index (χ1n) is 9.31. The highest BCUT2D eigenvalue weighted by Gasteiger charge is 2.14. The molecule has 8 heteroatoms. The van der Waals surface area contributed by atoms with Gasteiger partial charge < -0.3 is 14.8 Å². The first-order chi connectivity index (χ1) is 14.0. The van der Waals surface area contributed by atoms with Crippen molar-refractivity contribution < 1.29 is 14.3 Å². The number of amides is 1. The number of nitrogens with zero attached hydrogens (tertiary/aromatic N) is 4. The van der Waals surface area contributed by atoms with E-state index in [1.54, 1.807) is 17.7 Å². The fourth-order valence-corrected chi connectivity index (χ4v) is 3.13. The van der Waals surface area contributed by atoms with Crippen LogP contribution in [0.4, 0.5) is 0 Å². The maximum absolute atomic E-state index is 12.2. The number of aromatic nitrogens is 3. The zero-order valence-corrected chi connectivity index (χ0v) is 16.7. The van der Waals surface area contributed by atoms with Crippen LogP contribution in [0.15, 0.2) is 30.5 Å². The molecular weight excluding hydrogens is 370 g/mol. The summed E-state index contributed by atoms with van der Waals surface area (Å²) in [5.41, 5.74) is 3.65. The Balaban J connectivity index is 1.51. The molecule has 0 saturated heterocycles. The highest BCUT2D eigenvalue weighted by molar-refractivity contribution is 5.76. The van der Waals surface area contributed by atoms with Gasteiger partial charge in [-0.3, -0.25) is 4.79 Å². The minimum atomic E-state index is -0.0590. The predicted molar refractivity (Wildman–Crippen MR) is 107 cm³/mol. The number of hydrogen-bond donors (Lipinski definition) is 1. The monoisotopic (exact) mass is 393 g/mol. The van der Waals surface area contributed by atoms with Crippen LogP contribution in [-0.2, 0) is 11.2 Å². The van der Waals surface area contributed by atoms with Gasteiger partial charge in [-0.2, -0.15) is 10.4 Å². The Morgan fingerprint density at radius 1 is 1.31 bits per heavy atom. The van der Waals surface area contributed by atoms with Gasteiger partial charge in [0, 0.05) is 23.9 Å². The number of nitrogens with one attached hydrogen (secondary N) is 1. The molecule has 1 amide bonds. The van der Waals surface area contributed by atoms with Crippen LogP contribution in [0.3, 0.4) is 0 Å². The van der Waals surface area contributed by atoms with Crippen molar-refractivity contribution in [3.05, 3.63) is 53.0 Å². The van der Waals surface area contributed by atoms with Crippen molar-refractivity contribution in [1.29, 1.82) is 5.26 Å². The number of rotatable bonds is 8. The molecule has 2 heterocycles. The molecule has 0 aliphatic heterocycles. The van der Waals surface area contributed by atoms with Crippen LogP contribution >= 0.6 is 0 Å². The van der Waals surface area contributed by atoms with Crippen molar-refractivity contribution in [3.8, 4) is 17.6 Å². The summed E-state index contributed by atoms with van der Waals surface area (Å²) in [7, 11) is 1.60. The van der Waals surface area contributed by atoms with Crippen LogP contribution in [0, 0.1) is 25.2 Å². The van der Waals surface area contributed by atoms with Gasteiger partial charge in [-0.1, -0.05) is 6.07 Å². The highest BCUT2D eigenvalue weighted by atomic mass is 16.5. The molecule has 150 valence electrons. The molecule has 3 rings (SSSR count). The molecule has 0 spiro atoms. The van der Waals surface area contributed by atoms with Crippen LogP contribution in [0.25, 0.3) is 5.65 Å². The Kier molecular flexibility index (Phi) is 6.29. The molecule has 1 aromatic carbocycles. The lowest BCUT2D eigenvalue weighted by Crippen LogP contribution is -2.28. The van der Waals surface area contributed by atoms with E-state index < -0.39 is 0 Å². The smallest absolute Gasteiger partial charge is 0.220 e. The lowest BCUT2D eigenvalue weighted by atomic mass is 10.1. The molecule has 1 N–H and O–H groups in total. The molecule has 2 aromatic heterocycles. The van der Waals surface area contributed by atoms with Gasteiger partial charge in [-0.05, 0) is 38.0 Å². The summed E-state index contributed by atoms with van der Waals surface area (Å²) in [6.07, 6.45) is 2.39. The van der Waals surface area contributed by atoms with Crippen molar-refractivity contribution in [3.63, 3.8) is 0 Å². The molecule has 0 atom stereocenters. The molecule has 0 radical (unpaired) electrons. The van der Waals surface area contributed by atoms with E-state index in [1.165, 1.54) is 6.20 Å². The van der Waals surface area contributed by atoms with Gasteiger partial charge in [-0.15, -0.1) is 0 Å². The summed E-state index contributed by atoms with van der Waals surface area (Å²) in [4.78, 5) is 16.7. The SMILES string of the molecule is COc1cccc(OCCNC(=O)CCc2c(C)nc3c(C#N)cnn3c2C)c1. The van der Waals surface area contributed by atoms with Crippen molar-refractivity contribution >= 4 is 11.6 Å². The number of ether oxygens (including phenoxy) is 2. The van der Waals surface area contributed by atoms with Gasteiger partial charge in [-0.25, -0.2) is 9.50 Å². The number of aryl methyl sites for hydroxylation is 2. The largest absolute Gasteiger partial charge is 0.497 e. The van der Waals surface area contributed by atoms with Crippen LogP contribution in [0.1, 0.15) is 28.9 Å². The maximum Gasteiger partial charge on any atom is 0.220 e. The number of carbonyl (C=O) groups excluding carboxylic acids is 1. The third kappa shape index (κ3) is 4.63. The second-order valence-electron chi connectivity index (χ2n) is 6.54. The molecule has 3 aromatic rings. The van der Waals surface area contributed by atoms with Crippen LogP contribution < -0.4 is 14.8 Å². The summed E-state index contributed by atoms with van der Waals surface area (Å²) in [5, 5.41) is 16.2. The summed E-state index contributed by atoms with van der Waals surface area (Å²) in [5.74, 6) is 1.36. The molecule has 8 nitrogen and oxygen atoms in total. The lowest BCUT2D eigenvalue weighted by molar-refractivity contribution is -0.121. The molecule has 0 aliphatic rings. The summed E-state index contributed by atoms with van der Waals surface area (Å²) < 4.78 is 12.4. The molecule has 0 saturated carbocycles. The minimum Gasteiger partial charge on any atom is -0.497 e. The first-order valence-corrected chi connectivity index (χ1v) is 9.31. The Labute approximate surface area is 169 Å². The standard InChI is InChI=1S/C21H23N5O3/c1-14-19(15(2)26-21(25-14)16(12-22)13-24-26)7-8-20(27)23-9-10-29-18-6-4-5-17(11-18)28-3/h4-6,11,13H,7-10H2,1-3H3,(H,23,27). The van der Waals surface area contributed by atoms with E-state index in [-0.39, 0.29) is 5.91 Å². The third-order valence-corrected chi connectivity index (χ3v) is 4.67. The molecule has 29 heavy (non-hydrogen) atoms. The number of fused-ring (bicyclic) bond motifs is 1. The Morgan fingerprint density at radius 3 is 2.86 bits per heavy atom. The van der Waals surface area contributed by atoms with E-state index >= 15 is 0 Å². The van der Waals surface area contributed by atoms with Gasteiger partial charge in [0.25, 0.3) is 0 Å². The number of benzene rings is 1. The van der Waals surface area contributed by atoms with Gasteiger partial charge >= 0.3 is 0 Å². The predicted octanol–water partition coefficient (Wildman–Crippen LogP) is 2.35. The van der Waals surface area contributed by atoms with Crippen LogP contribution in [-0.4, -0.2) is 40.8 Å². The fourth-order valence-electron chi connectivity index (χ4n) is 3.13. The maximum atomic E-state index is 12.2. The fraction of sp³-hybridized carbons (Fsp3) is 0.333. The molecule has 0 bridgehead atoms. The van der Waals surface area contributed by atoms with Crippen LogP contribution in [0.5, 0.6) is 11.5 Å². The van der Waals surface area contributed by atoms with Gasteiger partial charge in [0.1, 0.15) is 29.7 Å². The third-order valence-electron chi connectivity index (χ3n) is 4.67. The molecule has 0 fully saturated rings. The van der Waals surface area contributed by atoms with E-state index in [9.17, 15) is 4.79 Å². The van der Waals surface area contributed by atoms with Crippen molar-refractivity contribution in [1.82, 2.24) is 19.9 Å². The zero-order valence-electron chi connectivity index (χ0n) is 16.7. The Bertz CT molecular complexity index is 1070. The summed E-state index contributed by atoms with van der Waals surface area (Å²) >= 11 is 0. The number of methoxy groups -OCH3 is 1. The molecule has 0 unspecified atom stereocenters. The minimum absolute atomic E-state index is 0.0590. The number of hydrogen-bond acceptors (Lipinski definition) is 6. The van der Waals surface area contributed by atoms with Crippen LogP contribution in [0.2, 0.25) is 0 Å². The average Bonchev–Trinajstić information content (AvgIpc) is 3.14. The normalized spacial score (nSPS) is 10.6. The van der Waals surface area contributed by atoms with Gasteiger partial charge in [0.15, 0.2) is 5.65 Å². The van der Waals surface area contributed by atoms with Crippen molar-refractivity contribution in [2.45, 2.75) is 26.7 Å². The number of carbonyl (C=O) groups is 1. The second kappa shape index (κ2) is 9.06. The average molecular weight is 393 g/mol. The van der Waals surface area contributed by atoms with Crippen molar-refractivity contribution in [2.75, 3.05) is 20.3 Å². The zero-order chi connectivity index (χ0) is 20.8. The second-order valence-corrected chi connectivity index (χ2v) is 6.54. The summed E-state index contributed by atoms with van der Waals surface area (Å²) in [6.45, 7) is 4.59. The Morgan fingerprint density at radius 2 is 2.10 bits per heavy atom. The van der Waals surface area contributed by atoms with E-state index in [0.717, 1.165) is 22.7 Å². The number of nitriles is 1. The topological polar surface area (TPSA) is 102 Å². The first kappa shape index (κ1) is 20.1. The van der Waals surface area contributed by atoms with Gasteiger partial charge in [0.05, 0.1) is 19.9 Å². The molecule has 0 aliphatic carbocycles. The van der Waals surface area contributed by atoms with E-state index in [0.29, 0.717) is 43.0 Å². The van der Waals surface area contributed by atoms with E-state index in [2.05, 4.69) is 21.5 Å². The van der Waals surface area contributed by atoms with Crippen molar-refractivity contribution in [2.24, 2.45) is 0 Å². The quantitative estimate of drug-likeness (QED) is 0.590. The highest BCUT2D eigenvalue weighted by Crippen LogP contribution is 2.19. The van der Waals surface area contributed by atoms with E-state index in [4.69, 9.17) is 14.7 Å². The lowest BCUT2D eigenvalue weighted by Gasteiger charge is -2.12. The van der Waals surface area contributed by atoms with E-state index in [1.807, 2.05) is 32.0 Å². The van der Waals surface area contributed by atoms with Gasteiger partial charge in [0.2, 0.25) is 5.91 Å².